The summed E-state index contributed by atoms with van der Waals surface area (Å²) in [7, 11) is 0. The average Bonchev–Trinajstić information content (AvgIpc) is 2.64. The number of nitrogen functional groups attached to an aromatic ring is 1. The minimum Gasteiger partial charge on any atom is -0.396 e. The molecule has 0 fully saturated rings. The SMILES string of the molecule is CCn1cc(N)c(-c2ccc(F)c(Br)c2)n1. The molecule has 1 aromatic carbocycles. The van der Waals surface area contributed by atoms with Crippen LogP contribution in [0.1, 0.15) is 6.92 Å². The number of nitrogens with zero attached hydrogens (tertiary/aromatic N) is 2. The van der Waals surface area contributed by atoms with Crippen molar-refractivity contribution in [3.05, 3.63) is 34.7 Å². The van der Waals surface area contributed by atoms with E-state index < -0.39 is 0 Å². The van der Waals surface area contributed by atoms with Crippen LogP contribution in [0.15, 0.2) is 28.9 Å². The molecule has 5 heteroatoms. The second-order valence-electron chi connectivity index (χ2n) is 3.42. The van der Waals surface area contributed by atoms with E-state index in [0.29, 0.717) is 15.9 Å². The number of benzene rings is 1. The van der Waals surface area contributed by atoms with Gasteiger partial charge in [-0.15, -0.1) is 0 Å². The number of aromatic nitrogens is 2. The zero-order chi connectivity index (χ0) is 11.7. The van der Waals surface area contributed by atoms with E-state index in [2.05, 4.69) is 21.0 Å². The third kappa shape index (κ3) is 1.95. The van der Waals surface area contributed by atoms with E-state index in [1.54, 1.807) is 23.0 Å². The molecule has 0 saturated heterocycles. The summed E-state index contributed by atoms with van der Waals surface area (Å²) in [5, 5.41) is 4.32. The summed E-state index contributed by atoms with van der Waals surface area (Å²) in [6, 6.07) is 4.73. The molecule has 0 radical (unpaired) electrons. The molecule has 0 amide bonds. The molecule has 0 bridgehead atoms. The molecule has 3 nitrogen and oxygen atoms in total. The topological polar surface area (TPSA) is 43.8 Å². The van der Waals surface area contributed by atoms with Crippen molar-refractivity contribution in [3.63, 3.8) is 0 Å². The zero-order valence-electron chi connectivity index (χ0n) is 8.74. The highest BCUT2D eigenvalue weighted by Gasteiger charge is 2.09. The lowest BCUT2D eigenvalue weighted by Gasteiger charge is -2.00. The van der Waals surface area contributed by atoms with Gasteiger partial charge in [0.2, 0.25) is 0 Å². The van der Waals surface area contributed by atoms with Crippen LogP contribution in [0, 0.1) is 5.82 Å². The Morgan fingerprint density at radius 1 is 1.50 bits per heavy atom. The molecule has 1 aromatic heterocycles. The minimum absolute atomic E-state index is 0.294. The first-order valence-electron chi connectivity index (χ1n) is 4.90. The van der Waals surface area contributed by atoms with E-state index >= 15 is 0 Å². The van der Waals surface area contributed by atoms with E-state index in [4.69, 9.17) is 5.73 Å². The molecule has 0 aliphatic rings. The Morgan fingerprint density at radius 2 is 2.25 bits per heavy atom. The van der Waals surface area contributed by atoms with Crippen LogP contribution in [-0.2, 0) is 6.54 Å². The van der Waals surface area contributed by atoms with Crippen molar-refractivity contribution < 1.29 is 4.39 Å². The first kappa shape index (κ1) is 11.1. The Balaban J connectivity index is 2.49. The Bertz CT molecular complexity index is 522. The predicted octanol–water partition coefficient (Wildman–Crippen LogP) is 3.05. The van der Waals surface area contributed by atoms with Crippen LogP contribution < -0.4 is 5.73 Å². The smallest absolute Gasteiger partial charge is 0.137 e. The van der Waals surface area contributed by atoms with Gasteiger partial charge in [-0.1, -0.05) is 0 Å². The number of aryl methyl sites for hydroxylation is 1. The van der Waals surface area contributed by atoms with Crippen molar-refractivity contribution in [2.45, 2.75) is 13.5 Å². The van der Waals surface area contributed by atoms with Crippen molar-refractivity contribution in [3.8, 4) is 11.3 Å². The highest BCUT2D eigenvalue weighted by molar-refractivity contribution is 9.10. The van der Waals surface area contributed by atoms with Crippen LogP contribution in [0.5, 0.6) is 0 Å². The lowest BCUT2D eigenvalue weighted by atomic mass is 10.1. The van der Waals surface area contributed by atoms with Gasteiger partial charge < -0.3 is 5.73 Å². The van der Waals surface area contributed by atoms with Crippen LogP contribution in [-0.4, -0.2) is 9.78 Å². The maximum absolute atomic E-state index is 13.1. The first-order chi connectivity index (χ1) is 7.61. The molecule has 0 saturated carbocycles. The van der Waals surface area contributed by atoms with E-state index in [-0.39, 0.29) is 5.82 Å². The second kappa shape index (κ2) is 4.25. The molecule has 2 aromatic rings. The van der Waals surface area contributed by atoms with E-state index in [1.807, 2.05) is 6.92 Å². The minimum atomic E-state index is -0.294. The Morgan fingerprint density at radius 3 is 2.81 bits per heavy atom. The molecular weight excluding hydrogens is 273 g/mol. The van der Waals surface area contributed by atoms with Crippen LogP contribution in [0.3, 0.4) is 0 Å². The van der Waals surface area contributed by atoms with Crippen LogP contribution in [0.25, 0.3) is 11.3 Å². The van der Waals surface area contributed by atoms with Gasteiger partial charge in [0.1, 0.15) is 11.5 Å². The molecule has 1 heterocycles. The summed E-state index contributed by atoms with van der Waals surface area (Å²) in [5.74, 6) is -0.294. The molecule has 0 aliphatic carbocycles. The third-order valence-electron chi connectivity index (χ3n) is 2.31. The van der Waals surface area contributed by atoms with Gasteiger partial charge in [-0.25, -0.2) is 4.39 Å². The van der Waals surface area contributed by atoms with E-state index in [9.17, 15) is 4.39 Å². The summed E-state index contributed by atoms with van der Waals surface area (Å²) in [6.07, 6.45) is 1.77. The van der Waals surface area contributed by atoms with Gasteiger partial charge >= 0.3 is 0 Å². The van der Waals surface area contributed by atoms with Gasteiger partial charge in [-0.2, -0.15) is 5.10 Å². The fourth-order valence-corrected chi connectivity index (χ4v) is 1.85. The van der Waals surface area contributed by atoms with Crippen LogP contribution in [0.2, 0.25) is 0 Å². The molecule has 0 aliphatic heterocycles. The molecule has 84 valence electrons. The lowest BCUT2D eigenvalue weighted by Crippen LogP contribution is -1.94. The van der Waals surface area contributed by atoms with Crippen molar-refractivity contribution in [2.75, 3.05) is 5.73 Å². The highest BCUT2D eigenvalue weighted by atomic mass is 79.9. The second-order valence-corrected chi connectivity index (χ2v) is 4.27. The number of rotatable bonds is 2. The molecule has 16 heavy (non-hydrogen) atoms. The molecule has 0 atom stereocenters. The van der Waals surface area contributed by atoms with Gasteiger partial charge in [0, 0.05) is 18.3 Å². The lowest BCUT2D eigenvalue weighted by molar-refractivity contribution is 0.621. The van der Waals surface area contributed by atoms with Crippen molar-refractivity contribution >= 4 is 21.6 Å². The number of anilines is 1. The van der Waals surface area contributed by atoms with Gasteiger partial charge in [0.15, 0.2) is 0 Å². The first-order valence-corrected chi connectivity index (χ1v) is 5.69. The Labute approximate surface area is 101 Å². The molecule has 0 unspecified atom stereocenters. The highest BCUT2D eigenvalue weighted by Crippen LogP contribution is 2.27. The van der Waals surface area contributed by atoms with Gasteiger partial charge in [-0.05, 0) is 41.1 Å². The molecule has 0 spiro atoms. The fraction of sp³-hybridized carbons (Fsp3) is 0.182. The predicted molar refractivity (Wildman–Crippen MR) is 65.4 cm³/mol. The van der Waals surface area contributed by atoms with Crippen LogP contribution in [0.4, 0.5) is 10.1 Å². The van der Waals surface area contributed by atoms with Gasteiger partial charge in [0.25, 0.3) is 0 Å². The van der Waals surface area contributed by atoms with E-state index in [1.165, 1.54) is 6.07 Å². The normalized spacial score (nSPS) is 10.7. The number of hydrogen-bond donors (Lipinski definition) is 1. The molecular formula is C11H11BrFN3. The number of nitrogens with two attached hydrogens (primary N) is 1. The maximum atomic E-state index is 13.1. The molecule has 2 N–H and O–H groups in total. The zero-order valence-corrected chi connectivity index (χ0v) is 10.3. The van der Waals surface area contributed by atoms with Crippen molar-refractivity contribution in [2.24, 2.45) is 0 Å². The van der Waals surface area contributed by atoms with Crippen molar-refractivity contribution in [1.82, 2.24) is 9.78 Å². The average molecular weight is 284 g/mol. The summed E-state index contributed by atoms with van der Waals surface area (Å²) in [6.45, 7) is 2.74. The van der Waals surface area contributed by atoms with Gasteiger partial charge in [0.05, 0.1) is 10.2 Å². The summed E-state index contributed by atoms with van der Waals surface area (Å²) in [4.78, 5) is 0. The Kier molecular flexibility index (Phi) is 2.96. The standard InChI is InChI=1S/C11H11BrFN3/c1-2-16-6-10(14)11(15-16)7-3-4-9(13)8(12)5-7/h3-6H,2,14H2,1H3. The third-order valence-corrected chi connectivity index (χ3v) is 2.91. The Hall–Kier alpha value is -1.36. The quantitative estimate of drug-likeness (QED) is 0.921. The largest absolute Gasteiger partial charge is 0.396 e. The maximum Gasteiger partial charge on any atom is 0.137 e. The summed E-state index contributed by atoms with van der Waals surface area (Å²) < 4.78 is 15.2. The summed E-state index contributed by atoms with van der Waals surface area (Å²) >= 11 is 3.14. The van der Waals surface area contributed by atoms with E-state index in [0.717, 1.165) is 12.1 Å². The number of halogens is 2. The van der Waals surface area contributed by atoms with Crippen molar-refractivity contribution in [1.29, 1.82) is 0 Å². The fourth-order valence-electron chi connectivity index (χ4n) is 1.47. The summed E-state index contributed by atoms with van der Waals surface area (Å²) in [5.41, 5.74) is 7.93. The number of hydrogen-bond acceptors (Lipinski definition) is 2. The van der Waals surface area contributed by atoms with Crippen LogP contribution >= 0.6 is 15.9 Å². The van der Waals surface area contributed by atoms with Gasteiger partial charge in [-0.3, -0.25) is 4.68 Å². The monoisotopic (exact) mass is 283 g/mol. The molecule has 2 rings (SSSR count).